The van der Waals surface area contributed by atoms with Crippen LogP contribution in [0.15, 0.2) is 24.5 Å². The number of nitrogens with zero attached hydrogens (tertiary/aromatic N) is 1. The van der Waals surface area contributed by atoms with Crippen molar-refractivity contribution < 1.29 is 4.79 Å². The first-order valence-electron chi connectivity index (χ1n) is 4.94. The highest BCUT2D eigenvalue weighted by molar-refractivity contribution is 5.84. The maximum absolute atomic E-state index is 11.2. The van der Waals surface area contributed by atoms with Gasteiger partial charge >= 0.3 is 0 Å². The van der Waals surface area contributed by atoms with E-state index in [-0.39, 0.29) is 11.8 Å². The monoisotopic (exact) mass is 203 g/mol. The zero-order valence-electron chi connectivity index (χ0n) is 8.53. The third-order valence-electron chi connectivity index (χ3n) is 2.60. The van der Waals surface area contributed by atoms with Crippen LogP contribution >= 0.6 is 0 Å². The first-order chi connectivity index (χ1) is 7.22. The molecule has 0 spiro atoms. The maximum Gasteiger partial charge on any atom is 0.224 e. The Morgan fingerprint density at radius 2 is 2.40 bits per heavy atom. The van der Waals surface area contributed by atoms with Gasteiger partial charge in [-0.15, -0.1) is 0 Å². The van der Waals surface area contributed by atoms with E-state index in [1.807, 2.05) is 25.1 Å². The number of fused-ring (bicyclic) bond motifs is 1. The minimum atomic E-state index is -0.281. The third-order valence-corrected chi connectivity index (χ3v) is 2.60. The predicted molar refractivity (Wildman–Crippen MR) is 58.3 cm³/mol. The number of rotatable bonds is 3. The van der Waals surface area contributed by atoms with Crippen molar-refractivity contribution >= 4 is 16.9 Å². The SMILES string of the molecule is CCC(C(N)=O)c1ccc2nc[nH]c2c1. The van der Waals surface area contributed by atoms with Crippen molar-refractivity contribution in [2.24, 2.45) is 5.73 Å². The summed E-state index contributed by atoms with van der Waals surface area (Å²) >= 11 is 0. The Labute approximate surface area is 87.5 Å². The van der Waals surface area contributed by atoms with Crippen molar-refractivity contribution in [1.29, 1.82) is 0 Å². The molecule has 0 fully saturated rings. The second-order valence-corrected chi connectivity index (χ2v) is 3.54. The average Bonchev–Trinajstić information content (AvgIpc) is 2.65. The Morgan fingerprint density at radius 1 is 1.60 bits per heavy atom. The number of benzene rings is 1. The lowest BCUT2D eigenvalue weighted by atomic mass is 9.95. The van der Waals surface area contributed by atoms with Crippen molar-refractivity contribution in [3.8, 4) is 0 Å². The second kappa shape index (κ2) is 3.73. The van der Waals surface area contributed by atoms with E-state index < -0.39 is 0 Å². The molecular formula is C11H13N3O. The fraction of sp³-hybridized carbons (Fsp3) is 0.273. The Balaban J connectivity index is 2.46. The number of aromatic amines is 1. The number of H-pyrrole nitrogens is 1. The molecule has 4 nitrogen and oxygen atoms in total. The summed E-state index contributed by atoms with van der Waals surface area (Å²) in [6, 6.07) is 5.73. The largest absolute Gasteiger partial charge is 0.369 e. The number of nitrogens with two attached hydrogens (primary N) is 1. The Morgan fingerprint density at radius 3 is 3.07 bits per heavy atom. The van der Waals surface area contributed by atoms with Gasteiger partial charge in [0.25, 0.3) is 0 Å². The van der Waals surface area contributed by atoms with Gasteiger partial charge < -0.3 is 10.7 Å². The molecule has 1 unspecified atom stereocenters. The molecule has 78 valence electrons. The zero-order chi connectivity index (χ0) is 10.8. The average molecular weight is 203 g/mol. The lowest BCUT2D eigenvalue weighted by Crippen LogP contribution is -2.20. The van der Waals surface area contributed by atoms with Crippen LogP contribution < -0.4 is 5.73 Å². The summed E-state index contributed by atoms with van der Waals surface area (Å²) in [5.41, 5.74) is 8.12. The summed E-state index contributed by atoms with van der Waals surface area (Å²) in [7, 11) is 0. The van der Waals surface area contributed by atoms with Crippen LogP contribution in [0.3, 0.4) is 0 Å². The van der Waals surface area contributed by atoms with Crippen LogP contribution in [0.5, 0.6) is 0 Å². The molecule has 0 aliphatic rings. The van der Waals surface area contributed by atoms with Crippen LogP contribution in [-0.2, 0) is 4.79 Å². The molecule has 0 aliphatic carbocycles. The minimum Gasteiger partial charge on any atom is -0.369 e. The summed E-state index contributed by atoms with van der Waals surface area (Å²) in [4.78, 5) is 18.3. The first-order valence-corrected chi connectivity index (χ1v) is 4.94. The summed E-state index contributed by atoms with van der Waals surface area (Å²) in [6.45, 7) is 1.95. The van der Waals surface area contributed by atoms with E-state index >= 15 is 0 Å². The third kappa shape index (κ3) is 1.70. The smallest absolute Gasteiger partial charge is 0.224 e. The first kappa shape index (κ1) is 9.71. The number of amides is 1. The van der Waals surface area contributed by atoms with Crippen LogP contribution in [0.2, 0.25) is 0 Å². The standard InChI is InChI=1S/C11H13N3O/c1-2-8(11(12)15)7-3-4-9-10(5-7)14-6-13-9/h3-6,8H,2H2,1H3,(H2,12,15)(H,13,14). The number of aromatic nitrogens is 2. The molecular weight excluding hydrogens is 190 g/mol. The number of imidazole rings is 1. The number of nitrogens with one attached hydrogen (secondary N) is 1. The van der Waals surface area contributed by atoms with Gasteiger partial charge in [0, 0.05) is 0 Å². The molecule has 3 N–H and O–H groups in total. The Hall–Kier alpha value is -1.84. The highest BCUT2D eigenvalue weighted by Crippen LogP contribution is 2.22. The molecule has 0 radical (unpaired) electrons. The normalized spacial score (nSPS) is 12.9. The molecule has 2 aromatic rings. The van der Waals surface area contributed by atoms with Gasteiger partial charge in [-0.25, -0.2) is 4.98 Å². The van der Waals surface area contributed by atoms with Gasteiger partial charge in [-0.05, 0) is 24.1 Å². The number of primary amides is 1. The quantitative estimate of drug-likeness (QED) is 0.794. The van der Waals surface area contributed by atoms with Gasteiger partial charge in [-0.2, -0.15) is 0 Å². The highest BCUT2D eigenvalue weighted by Gasteiger charge is 2.15. The molecule has 1 atom stereocenters. The number of carbonyl (C=O) groups is 1. The van der Waals surface area contributed by atoms with E-state index in [0.29, 0.717) is 0 Å². The summed E-state index contributed by atoms with van der Waals surface area (Å²) < 4.78 is 0. The van der Waals surface area contributed by atoms with Crippen LogP contribution in [0.1, 0.15) is 24.8 Å². The van der Waals surface area contributed by atoms with Gasteiger partial charge in [0.05, 0.1) is 23.3 Å². The number of hydrogen-bond donors (Lipinski definition) is 2. The van der Waals surface area contributed by atoms with E-state index in [4.69, 9.17) is 5.73 Å². The van der Waals surface area contributed by atoms with Crippen molar-refractivity contribution in [2.45, 2.75) is 19.3 Å². The van der Waals surface area contributed by atoms with Gasteiger partial charge in [0.2, 0.25) is 5.91 Å². The van der Waals surface area contributed by atoms with Crippen molar-refractivity contribution in [2.75, 3.05) is 0 Å². The van der Waals surface area contributed by atoms with Crippen molar-refractivity contribution in [3.63, 3.8) is 0 Å². The highest BCUT2D eigenvalue weighted by atomic mass is 16.1. The number of carbonyl (C=O) groups excluding carboxylic acids is 1. The fourth-order valence-electron chi connectivity index (χ4n) is 1.77. The summed E-state index contributed by atoms with van der Waals surface area (Å²) in [5, 5.41) is 0. The fourth-order valence-corrected chi connectivity index (χ4v) is 1.77. The van der Waals surface area contributed by atoms with Gasteiger partial charge in [0.15, 0.2) is 0 Å². The number of hydrogen-bond acceptors (Lipinski definition) is 2. The Bertz CT molecular complexity index is 489. The predicted octanol–water partition coefficient (Wildman–Crippen LogP) is 1.54. The lowest BCUT2D eigenvalue weighted by molar-refractivity contribution is -0.119. The minimum absolute atomic E-state index is 0.210. The van der Waals surface area contributed by atoms with Gasteiger partial charge in [-0.1, -0.05) is 13.0 Å². The summed E-state index contributed by atoms with van der Waals surface area (Å²) in [6.07, 6.45) is 2.36. The molecule has 0 saturated heterocycles. The molecule has 1 amide bonds. The molecule has 4 heteroatoms. The van der Waals surface area contributed by atoms with Gasteiger partial charge in [0.1, 0.15) is 0 Å². The van der Waals surface area contributed by atoms with Crippen LogP contribution in [0.25, 0.3) is 11.0 Å². The molecule has 0 saturated carbocycles. The molecule has 0 aliphatic heterocycles. The molecule has 15 heavy (non-hydrogen) atoms. The van der Waals surface area contributed by atoms with Crippen LogP contribution in [-0.4, -0.2) is 15.9 Å². The second-order valence-electron chi connectivity index (χ2n) is 3.54. The van der Waals surface area contributed by atoms with E-state index in [1.165, 1.54) is 0 Å². The van der Waals surface area contributed by atoms with E-state index in [0.717, 1.165) is 23.0 Å². The molecule has 2 rings (SSSR count). The van der Waals surface area contributed by atoms with Crippen molar-refractivity contribution in [3.05, 3.63) is 30.1 Å². The molecule has 1 aromatic carbocycles. The zero-order valence-corrected chi connectivity index (χ0v) is 8.53. The lowest BCUT2D eigenvalue weighted by Gasteiger charge is -2.10. The maximum atomic E-state index is 11.2. The van der Waals surface area contributed by atoms with E-state index in [9.17, 15) is 4.79 Å². The topological polar surface area (TPSA) is 71.8 Å². The van der Waals surface area contributed by atoms with Crippen LogP contribution in [0.4, 0.5) is 0 Å². The molecule has 0 bridgehead atoms. The van der Waals surface area contributed by atoms with Crippen molar-refractivity contribution in [1.82, 2.24) is 9.97 Å². The Kier molecular flexibility index (Phi) is 2.41. The molecule has 1 aromatic heterocycles. The molecule has 1 heterocycles. The summed E-state index contributed by atoms with van der Waals surface area (Å²) in [5.74, 6) is -0.492. The van der Waals surface area contributed by atoms with E-state index in [2.05, 4.69) is 9.97 Å². The van der Waals surface area contributed by atoms with Gasteiger partial charge in [-0.3, -0.25) is 4.79 Å². The van der Waals surface area contributed by atoms with E-state index in [1.54, 1.807) is 6.33 Å². The van der Waals surface area contributed by atoms with Crippen LogP contribution in [0, 0.1) is 0 Å².